The zero-order valence-corrected chi connectivity index (χ0v) is 22.0. The third-order valence-electron chi connectivity index (χ3n) is 6.67. The van der Waals surface area contributed by atoms with Crippen molar-refractivity contribution in [1.29, 1.82) is 0 Å². The molecule has 0 bridgehead atoms. The Morgan fingerprint density at radius 1 is 1.05 bits per heavy atom. The molecular weight excluding hydrogens is 493 g/mol. The quantitative estimate of drug-likeness (QED) is 0.376. The van der Waals surface area contributed by atoms with Gasteiger partial charge in [0.15, 0.2) is 11.5 Å². The molecule has 1 saturated heterocycles. The molecule has 8 nitrogen and oxygen atoms in total. The molecule has 4 aromatic rings. The highest BCUT2D eigenvalue weighted by atomic mass is 32.1. The summed E-state index contributed by atoms with van der Waals surface area (Å²) in [4.78, 5) is 18.9. The number of carbonyl (C=O) groups excluding carboxylic acids is 1. The van der Waals surface area contributed by atoms with Crippen LogP contribution >= 0.6 is 11.3 Å². The number of nitrogens with one attached hydrogen (secondary N) is 1. The predicted molar refractivity (Wildman–Crippen MR) is 145 cm³/mol. The molecule has 0 atom stereocenters. The van der Waals surface area contributed by atoms with E-state index in [-0.39, 0.29) is 11.7 Å². The first-order valence-electron chi connectivity index (χ1n) is 12.2. The number of hydrogen-bond acceptors (Lipinski definition) is 7. The molecule has 37 heavy (non-hydrogen) atoms. The Kier molecular flexibility index (Phi) is 7.29. The van der Waals surface area contributed by atoms with E-state index in [0.29, 0.717) is 28.6 Å². The molecule has 0 radical (unpaired) electrons. The molecule has 0 aliphatic carbocycles. The first kappa shape index (κ1) is 25.0. The van der Waals surface area contributed by atoms with Crippen LogP contribution in [0.2, 0.25) is 0 Å². The Hall–Kier alpha value is -3.63. The fourth-order valence-electron chi connectivity index (χ4n) is 4.68. The predicted octanol–water partition coefficient (Wildman–Crippen LogP) is 4.01. The highest BCUT2D eigenvalue weighted by Crippen LogP contribution is 2.37. The molecule has 1 fully saturated rings. The lowest BCUT2D eigenvalue weighted by Crippen LogP contribution is -2.48. The number of aromatic nitrogens is 2. The van der Waals surface area contributed by atoms with Gasteiger partial charge >= 0.3 is 0 Å². The third kappa shape index (κ3) is 5.12. The van der Waals surface area contributed by atoms with Gasteiger partial charge in [0.1, 0.15) is 16.3 Å². The summed E-state index contributed by atoms with van der Waals surface area (Å²) < 4.78 is 26.7. The summed E-state index contributed by atoms with van der Waals surface area (Å²) in [5.41, 5.74) is 2.34. The molecule has 0 spiro atoms. The van der Waals surface area contributed by atoms with Crippen molar-refractivity contribution in [2.45, 2.75) is 0 Å². The van der Waals surface area contributed by atoms with Gasteiger partial charge in [0, 0.05) is 57.3 Å². The van der Waals surface area contributed by atoms with Crippen molar-refractivity contribution in [3.8, 4) is 22.8 Å². The second-order valence-electron chi connectivity index (χ2n) is 8.91. The maximum Gasteiger partial charge on any atom is 0.261 e. The number of fused-ring (bicyclic) bond motifs is 1. The van der Waals surface area contributed by atoms with E-state index in [2.05, 4.69) is 20.2 Å². The van der Waals surface area contributed by atoms with Crippen molar-refractivity contribution in [1.82, 2.24) is 20.0 Å². The van der Waals surface area contributed by atoms with Crippen molar-refractivity contribution in [2.75, 3.05) is 58.4 Å². The maximum absolute atomic E-state index is 14.1. The number of hydrogen-bond donors (Lipinski definition) is 1. The first-order valence-corrected chi connectivity index (χ1v) is 13.0. The van der Waals surface area contributed by atoms with Crippen LogP contribution in [0.1, 0.15) is 9.67 Å². The number of carbonyl (C=O) groups is 1. The normalized spacial score (nSPS) is 14.2. The second kappa shape index (κ2) is 10.8. The van der Waals surface area contributed by atoms with Gasteiger partial charge in [0.05, 0.1) is 24.8 Å². The Balaban J connectivity index is 1.20. The molecular formula is C27H30FN5O3S. The van der Waals surface area contributed by atoms with Gasteiger partial charge in [0.25, 0.3) is 5.91 Å². The van der Waals surface area contributed by atoms with Crippen LogP contribution < -0.4 is 19.7 Å². The summed E-state index contributed by atoms with van der Waals surface area (Å²) in [6.07, 6.45) is 0. The second-order valence-corrected chi connectivity index (χ2v) is 9.94. The van der Waals surface area contributed by atoms with E-state index < -0.39 is 0 Å². The number of rotatable bonds is 8. The molecule has 1 aliphatic heterocycles. The number of piperazine rings is 1. The minimum absolute atomic E-state index is 0.0931. The van der Waals surface area contributed by atoms with Crippen molar-refractivity contribution in [3.63, 3.8) is 0 Å². The Morgan fingerprint density at radius 2 is 1.81 bits per heavy atom. The number of thiophene rings is 1. The summed E-state index contributed by atoms with van der Waals surface area (Å²) >= 11 is 1.43. The van der Waals surface area contributed by atoms with Crippen LogP contribution in [0.5, 0.6) is 11.5 Å². The lowest BCUT2D eigenvalue weighted by atomic mass is 10.1. The van der Waals surface area contributed by atoms with Gasteiger partial charge in [-0.05, 0) is 36.4 Å². The number of nitrogens with zero attached hydrogens (tertiary/aromatic N) is 4. The summed E-state index contributed by atoms with van der Waals surface area (Å²) in [5, 5.41) is 8.65. The van der Waals surface area contributed by atoms with Crippen molar-refractivity contribution in [3.05, 3.63) is 59.2 Å². The van der Waals surface area contributed by atoms with E-state index in [1.807, 2.05) is 43.4 Å². The average molecular weight is 524 g/mol. The van der Waals surface area contributed by atoms with Gasteiger partial charge in [-0.15, -0.1) is 11.3 Å². The summed E-state index contributed by atoms with van der Waals surface area (Å²) in [6, 6.07) is 14.5. The van der Waals surface area contributed by atoms with Gasteiger partial charge in [0.2, 0.25) is 0 Å². The number of methoxy groups -OCH3 is 2. The number of para-hydroxylation sites is 1. The standard InChI is InChI=1S/C27H30FN5O3S/c1-31-27-19(25(30-31)18-8-9-22(35-2)23(16-18)36-3)17-24(37-27)26(34)29-10-11-32-12-14-33(15-13-32)21-7-5-4-6-20(21)28/h4-9,16-17H,10-15H2,1-3H3,(H,29,34). The lowest BCUT2D eigenvalue weighted by molar-refractivity contribution is 0.0952. The number of benzene rings is 2. The van der Waals surface area contributed by atoms with E-state index >= 15 is 0 Å². The average Bonchev–Trinajstić information content (AvgIpc) is 3.49. The fourth-order valence-corrected chi connectivity index (χ4v) is 5.67. The smallest absolute Gasteiger partial charge is 0.261 e. The van der Waals surface area contributed by atoms with Crippen LogP contribution in [0.4, 0.5) is 10.1 Å². The Labute approximate surface area is 219 Å². The molecule has 0 unspecified atom stereocenters. The van der Waals surface area contributed by atoms with E-state index in [1.165, 1.54) is 17.4 Å². The molecule has 1 N–H and O–H groups in total. The summed E-state index contributed by atoms with van der Waals surface area (Å²) in [5.74, 6) is 1.000. The molecule has 1 aliphatic rings. The van der Waals surface area contributed by atoms with Gasteiger partial charge in [-0.25, -0.2) is 4.39 Å². The van der Waals surface area contributed by atoms with Crippen molar-refractivity contribution >= 4 is 33.1 Å². The van der Waals surface area contributed by atoms with Gasteiger partial charge in [-0.3, -0.25) is 14.4 Å². The van der Waals surface area contributed by atoms with Gasteiger partial charge in [-0.2, -0.15) is 5.10 Å². The Morgan fingerprint density at radius 3 is 2.54 bits per heavy atom. The van der Waals surface area contributed by atoms with Crippen LogP contribution in [0, 0.1) is 5.82 Å². The topological polar surface area (TPSA) is 71.9 Å². The number of amides is 1. The molecule has 2 aromatic carbocycles. The lowest BCUT2D eigenvalue weighted by Gasteiger charge is -2.36. The SMILES string of the molecule is COc1ccc(-c2nn(C)c3sc(C(=O)NCCN4CCN(c5ccccc5F)CC4)cc23)cc1OC. The molecule has 2 aromatic heterocycles. The minimum atomic E-state index is -0.184. The molecule has 10 heteroatoms. The molecule has 5 rings (SSSR count). The molecule has 194 valence electrons. The van der Waals surface area contributed by atoms with Crippen molar-refractivity contribution < 1.29 is 18.7 Å². The number of halogens is 1. The van der Waals surface area contributed by atoms with Crippen LogP contribution in [0.3, 0.4) is 0 Å². The number of aryl methyl sites for hydroxylation is 1. The van der Waals surface area contributed by atoms with Crippen LogP contribution in [-0.2, 0) is 7.05 Å². The maximum atomic E-state index is 14.1. The van der Waals surface area contributed by atoms with Gasteiger partial charge in [-0.1, -0.05) is 12.1 Å². The van der Waals surface area contributed by atoms with E-state index in [4.69, 9.17) is 9.47 Å². The highest BCUT2D eigenvalue weighted by Gasteiger charge is 2.21. The molecule has 3 heterocycles. The van der Waals surface area contributed by atoms with E-state index in [0.717, 1.165) is 54.2 Å². The van der Waals surface area contributed by atoms with Crippen LogP contribution in [-0.4, -0.2) is 74.1 Å². The third-order valence-corrected chi connectivity index (χ3v) is 7.87. The van der Waals surface area contributed by atoms with Crippen LogP contribution in [0.15, 0.2) is 48.5 Å². The summed E-state index contributed by atoms with van der Waals surface area (Å²) in [7, 11) is 5.09. The fraction of sp³-hybridized carbons (Fsp3) is 0.333. The van der Waals surface area contributed by atoms with Crippen molar-refractivity contribution in [2.24, 2.45) is 7.05 Å². The van der Waals surface area contributed by atoms with Crippen LogP contribution in [0.25, 0.3) is 21.5 Å². The monoisotopic (exact) mass is 523 g/mol. The van der Waals surface area contributed by atoms with Gasteiger partial charge < -0.3 is 19.7 Å². The largest absolute Gasteiger partial charge is 0.493 e. The van der Waals surface area contributed by atoms with E-state index in [9.17, 15) is 9.18 Å². The number of ether oxygens (including phenoxy) is 2. The zero-order chi connectivity index (χ0) is 25.9. The van der Waals surface area contributed by atoms with E-state index in [1.54, 1.807) is 25.0 Å². The summed E-state index contributed by atoms with van der Waals surface area (Å²) in [6.45, 7) is 4.48. The molecule has 0 saturated carbocycles. The minimum Gasteiger partial charge on any atom is -0.493 e. The Bertz CT molecular complexity index is 1410. The molecule has 1 amide bonds. The first-order chi connectivity index (χ1) is 18.0. The highest BCUT2D eigenvalue weighted by molar-refractivity contribution is 7.20. The number of anilines is 1. The zero-order valence-electron chi connectivity index (χ0n) is 21.2.